The first-order valence-electron chi connectivity index (χ1n) is 6.80. The smallest absolute Gasteiger partial charge is 0.320 e. The van der Waals surface area contributed by atoms with E-state index in [0.717, 1.165) is 32.3 Å². The van der Waals surface area contributed by atoms with Gasteiger partial charge in [0.05, 0.1) is 6.61 Å². The Hall–Kier alpha value is -1.39. The minimum absolute atomic E-state index is 0.556. The second kappa shape index (κ2) is 9.53. The van der Waals surface area contributed by atoms with Crippen LogP contribution in [0.4, 0.5) is 0 Å². The summed E-state index contributed by atoms with van der Waals surface area (Å²) in [6.07, 6.45) is 4.50. The van der Waals surface area contributed by atoms with E-state index in [4.69, 9.17) is 15.6 Å². The molecule has 0 unspecified atom stereocenters. The van der Waals surface area contributed by atoms with Gasteiger partial charge in [-0.15, -0.1) is 0 Å². The van der Waals surface area contributed by atoms with E-state index in [-0.39, 0.29) is 0 Å². The SMILES string of the molecule is N[C@H](CCCCCCOCc1ccccc1)C(=O)O. The lowest BCUT2D eigenvalue weighted by molar-refractivity contribution is -0.138. The highest BCUT2D eigenvalue weighted by Crippen LogP contribution is 2.06. The maximum Gasteiger partial charge on any atom is 0.320 e. The average Bonchev–Trinajstić information content (AvgIpc) is 2.42. The molecule has 0 heterocycles. The minimum Gasteiger partial charge on any atom is -0.480 e. The lowest BCUT2D eigenvalue weighted by atomic mass is 10.1. The van der Waals surface area contributed by atoms with Crippen molar-refractivity contribution in [2.45, 2.75) is 44.8 Å². The molecule has 0 aromatic heterocycles. The highest BCUT2D eigenvalue weighted by Gasteiger charge is 2.09. The van der Waals surface area contributed by atoms with Crippen LogP contribution in [0.15, 0.2) is 30.3 Å². The van der Waals surface area contributed by atoms with Crippen LogP contribution in [0.2, 0.25) is 0 Å². The summed E-state index contributed by atoms with van der Waals surface area (Å²) in [6.45, 7) is 1.41. The molecule has 0 radical (unpaired) electrons. The molecule has 0 amide bonds. The zero-order chi connectivity index (χ0) is 13.9. The van der Waals surface area contributed by atoms with Gasteiger partial charge in [-0.1, -0.05) is 49.6 Å². The number of hydrogen-bond acceptors (Lipinski definition) is 3. The Morgan fingerprint density at radius 3 is 2.53 bits per heavy atom. The van der Waals surface area contributed by atoms with E-state index in [0.29, 0.717) is 13.0 Å². The fourth-order valence-electron chi connectivity index (χ4n) is 1.81. The molecule has 3 N–H and O–H groups in total. The maximum absolute atomic E-state index is 10.5. The van der Waals surface area contributed by atoms with Crippen molar-refractivity contribution in [3.8, 4) is 0 Å². The Labute approximate surface area is 114 Å². The van der Waals surface area contributed by atoms with Gasteiger partial charge >= 0.3 is 5.97 Å². The number of ether oxygens (including phenoxy) is 1. The van der Waals surface area contributed by atoms with Gasteiger partial charge in [0.25, 0.3) is 0 Å². The number of carboxylic acid groups (broad SMARTS) is 1. The van der Waals surface area contributed by atoms with Crippen LogP contribution in [0.5, 0.6) is 0 Å². The third kappa shape index (κ3) is 7.59. The molecule has 1 aromatic rings. The van der Waals surface area contributed by atoms with Gasteiger partial charge in [0.15, 0.2) is 0 Å². The topological polar surface area (TPSA) is 72.5 Å². The monoisotopic (exact) mass is 265 g/mol. The summed E-state index contributed by atoms with van der Waals surface area (Å²) in [6, 6.07) is 9.38. The summed E-state index contributed by atoms with van der Waals surface area (Å²) in [4.78, 5) is 10.5. The van der Waals surface area contributed by atoms with Crippen molar-refractivity contribution >= 4 is 5.97 Å². The Morgan fingerprint density at radius 1 is 1.16 bits per heavy atom. The highest BCUT2D eigenvalue weighted by molar-refractivity contribution is 5.72. The van der Waals surface area contributed by atoms with Crippen molar-refractivity contribution in [1.82, 2.24) is 0 Å². The van der Waals surface area contributed by atoms with Crippen molar-refractivity contribution in [3.05, 3.63) is 35.9 Å². The molecule has 0 saturated carbocycles. The zero-order valence-corrected chi connectivity index (χ0v) is 11.3. The average molecular weight is 265 g/mol. The van der Waals surface area contributed by atoms with Gasteiger partial charge in [-0.3, -0.25) is 4.79 Å². The van der Waals surface area contributed by atoms with E-state index < -0.39 is 12.0 Å². The second-order valence-corrected chi connectivity index (χ2v) is 4.69. The van der Waals surface area contributed by atoms with Crippen molar-refractivity contribution in [2.75, 3.05) is 6.61 Å². The molecule has 0 fully saturated rings. The summed E-state index contributed by atoms with van der Waals surface area (Å²) in [5.41, 5.74) is 6.61. The van der Waals surface area contributed by atoms with Gasteiger partial charge < -0.3 is 15.6 Å². The number of rotatable bonds is 10. The molecule has 1 aromatic carbocycles. The molecular formula is C15H23NO3. The lowest BCUT2D eigenvalue weighted by Crippen LogP contribution is -2.29. The van der Waals surface area contributed by atoms with Gasteiger partial charge in [0, 0.05) is 6.61 Å². The maximum atomic E-state index is 10.5. The Bertz CT molecular complexity index is 354. The van der Waals surface area contributed by atoms with Gasteiger partial charge in [-0.05, 0) is 18.4 Å². The standard InChI is InChI=1S/C15H23NO3/c16-14(15(17)18)10-6-1-2-7-11-19-12-13-8-4-3-5-9-13/h3-5,8-9,14H,1-2,6-7,10-12,16H2,(H,17,18)/t14-/m1/s1. The number of unbranched alkanes of at least 4 members (excludes halogenated alkanes) is 3. The number of nitrogens with two attached hydrogens (primary N) is 1. The molecule has 4 heteroatoms. The number of aliphatic carboxylic acids is 1. The molecule has 0 saturated heterocycles. The van der Waals surface area contributed by atoms with Gasteiger partial charge in [0.2, 0.25) is 0 Å². The molecule has 4 nitrogen and oxygen atoms in total. The molecule has 0 bridgehead atoms. The summed E-state index contributed by atoms with van der Waals surface area (Å²) in [5.74, 6) is -0.911. The quantitative estimate of drug-likeness (QED) is 0.638. The second-order valence-electron chi connectivity index (χ2n) is 4.69. The van der Waals surface area contributed by atoms with Crippen molar-refractivity contribution < 1.29 is 14.6 Å². The Morgan fingerprint density at radius 2 is 1.84 bits per heavy atom. The largest absolute Gasteiger partial charge is 0.480 e. The molecule has 106 valence electrons. The predicted octanol–water partition coefficient (Wildman–Crippen LogP) is 2.57. The first-order chi connectivity index (χ1) is 9.20. The third-order valence-corrected chi connectivity index (χ3v) is 2.98. The Kier molecular flexibility index (Phi) is 7.86. The molecule has 0 aliphatic heterocycles. The van der Waals surface area contributed by atoms with E-state index in [1.165, 1.54) is 5.56 Å². The minimum atomic E-state index is -0.911. The van der Waals surface area contributed by atoms with Crippen LogP contribution >= 0.6 is 0 Å². The first kappa shape index (κ1) is 15.7. The fourth-order valence-corrected chi connectivity index (χ4v) is 1.81. The normalized spacial score (nSPS) is 12.3. The van der Waals surface area contributed by atoms with Gasteiger partial charge in [-0.2, -0.15) is 0 Å². The summed E-state index contributed by atoms with van der Waals surface area (Å²) >= 11 is 0. The molecule has 19 heavy (non-hydrogen) atoms. The van der Waals surface area contributed by atoms with Gasteiger partial charge in [0.1, 0.15) is 6.04 Å². The Balaban J connectivity index is 1.90. The third-order valence-electron chi connectivity index (χ3n) is 2.98. The number of hydrogen-bond donors (Lipinski definition) is 2. The summed E-state index contributed by atoms with van der Waals surface area (Å²) in [7, 11) is 0. The molecule has 0 aliphatic rings. The molecule has 1 rings (SSSR count). The van der Waals surface area contributed by atoms with Crippen LogP contribution < -0.4 is 5.73 Å². The molecule has 1 atom stereocenters. The van der Waals surface area contributed by atoms with E-state index in [1.807, 2.05) is 30.3 Å². The summed E-state index contributed by atoms with van der Waals surface area (Å²) in [5, 5.41) is 8.62. The molecular weight excluding hydrogens is 242 g/mol. The van der Waals surface area contributed by atoms with Crippen molar-refractivity contribution in [1.29, 1.82) is 0 Å². The highest BCUT2D eigenvalue weighted by atomic mass is 16.5. The first-order valence-corrected chi connectivity index (χ1v) is 6.80. The summed E-state index contributed by atoms with van der Waals surface area (Å²) < 4.78 is 5.57. The van der Waals surface area contributed by atoms with E-state index in [2.05, 4.69) is 0 Å². The van der Waals surface area contributed by atoms with Crippen molar-refractivity contribution in [2.24, 2.45) is 5.73 Å². The van der Waals surface area contributed by atoms with Crippen LogP contribution in [0, 0.1) is 0 Å². The van der Waals surface area contributed by atoms with E-state index in [1.54, 1.807) is 0 Å². The zero-order valence-electron chi connectivity index (χ0n) is 11.3. The lowest BCUT2D eigenvalue weighted by Gasteiger charge is -2.06. The van der Waals surface area contributed by atoms with Crippen LogP contribution in [-0.4, -0.2) is 23.7 Å². The van der Waals surface area contributed by atoms with Crippen molar-refractivity contribution in [3.63, 3.8) is 0 Å². The van der Waals surface area contributed by atoms with Gasteiger partial charge in [-0.25, -0.2) is 0 Å². The van der Waals surface area contributed by atoms with E-state index in [9.17, 15) is 4.79 Å². The van der Waals surface area contributed by atoms with Crippen LogP contribution in [0.25, 0.3) is 0 Å². The number of carboxylic acids is 1. The predicted molar refractivity (Wildman–Crippen MR) is 74.8 cm³/mol. The molecule has 0 aliphatic carbocycles. The van der Waals surface area contributed by atoms with E-state index >= 15 is 0 Å². The van der Waals surface area contributed by atoms with Crippen LogP contribution in [0.1, 0.15) is 37.7 Å². The number of carbonyl (C=O) groups is 1. The van der Waals surface area contributed by atoms with Crippen LogP contribution in [-0.2, 0) is 16.1 Å². The molecule has 0 spiro atoms. The van der Waals surface area contributed by atoms with Crippen LogP contribution in [0.3, 0.4) is 0 Å². The fraction of sp³-hybridized carbons (Fsp3) is 0.533. The number of benzene rings is 1.